The van der Waals surface area contributed by atoms with Crippen molar-refractivity contribution in [1.29, 1.82) is 0 Å². The van der Waals surface area contributed by atoms with Crippen molar-refractivity contribution in [3.05, 3.63) is 47.0 Å². The van der Waals surface area contributed by atoms with Gasteiger partial charge in [0.15, 0.2) is 5.78 Å². The largest absolute Gasteiger partial charge is 0.500 e. The van der Waals surface area contributed by atoms with Crippen molar-refractivity contribution in [2.75, 3.05) is 26.4 Å². The number of Topliss-reactive ketones (excluding diaryl/α,β-unsaturated/α-hetero) is 1. The zero-order valence-corrected chi connectivity index (χ0v) is 20.2. The fourth-order valence-corrected chi connectivity index (χ4v) is 6.56. The highest BCUT2D eigenvalue weighted by Crippen LogP contribution is 2.36. The zero-order chi connectivity index (χ0) is 23.1. The molecule has 1 amide bonds. The van der Waals surface area contributed by atoms with Crippen LogP contribution in [0.15, 0.2) is 35.9 Å². The molecule has 0 fully saturated rings. The van der Waals surface area contributed by atoms with Gasteiger partial charge in [-0.1, -0.05) is 24.3 Å². The Hall–Kier alpha value is -2.52. The van der Waals surface area contributed by atoms with E-state index < -0.39 is 14.9 Å². The van der Waals surface area contributed by atoms with Gasteiger partial charge in [-0.05, 0) is 62.8 Å². The Bertz CT molecular complexity index is 1000. The Morgan fingerprint density at radius 2 is 1.69 bits per heavy atom. The summed E-state index contributed by atoms with van der Waals surface area (Å²) in [5.74, 6) is 0.139. The molecule has 172 valence electrons. The van der Waals surface area contributed by atoms with Gasteiger partial charge in [0.2, 0.25) is 0 Å². The molecule has 2 aromatic carbocycles. The van der Waals surface area contributed by atoms with E-state index in [-0.39, 0.29) is 11.5 Å². The summed E-state index contributed by atoms with van der Waals surface area (Å²) in [5, 5.41) is 4.51. The minimum atomic E-state index is -2.75. The van der Waals surface area contributed by atoms with Gasteiger partial charge in [0.05, 0.1) is 5.56 Å². The van der Waals surface area contributed by atoms with E-state index in [9.17, 15) is 9.59 Å². The summed E-state index contributed by atoms with van der Waals surface area (Å²) in [6.45, 7) is 9.41. The quantitative estimate of drug-likeness (QED) is 0.379. The number of hydrogen-bond acceptors (Lipinski definition) is 6. The summed E-state index contributed by atoms with van der Waals surface area (Å²) >= 11 is 0. The highest BCUT2D eigenvalue weighted by atomic mass is 28.4. The van der Waals surface area contributed by atoms with E-state index in [0.717, 1.165) is 16.3 Å². The molecule has 0 atom stereocenters. The monoisotopic (exact) mass is 457 g/mol. The minimum absolute atomic E-state index is 0.127. The highest BCUT2D eigenvalue weighted by Gasteiger charge is 2.39. The Balaban J connectivity index is 1.65. The maximum Gasteiger partial charge on any atom is 0.500 e. The van der Waals surface area contributed by atoms with Crippen LogP contribution < -0.4 is 10.1 Å². The van der Waals surface area contributed by atoms with Crippen molar-refractivity contribution in [3.63, 3.8) is 0 Å². The number of amides is 1. The van der Waals surface area contributed by atoms with Crippen molar-refractivity contribution >= 4 is 37.5 Å². The molecule has 0 radical (unpaired) electrons. The van der Waals surface area contributed by atoms with Gasteiger partial charge < -0.3 is 23.3 Å². The fourth-order valence-electron chi connectivity index (χ4n) is 3.95. The lowest BCUT2D eigenvalue weighted by atomic mass is 9.88. The predicted octanol–water partition coefficient (Wildman–Crippen LogP) is 4.97. The third-order valence-electron chi connectivity index (χ3n) is 5.22. The summed E-state index contributed by atoms with van der Waals surface area (Å²) in [6, 6.07) is 9.98. The second-order valence-corrected chi connectivity index (χ2v) is 10.2. The number of carbonyl (C=O) groups is 2. The Morgan fingerprint density at radius 1 is 1.00 bits per heavy atom. The molecule has 0 bridgehead atoms. The van der Waals surface area contributed by atoms with Gasteiger partial charge in [-0.25, -0.2) is 4.79 Å². The predicted molar refractivity (Wildman–Crippen MR) is 126 cm³/mol. The molecular weight excluding hydrogens is 426 g/mol. The van der Waals surface area contributed by atoms with Crippen molar-refractivity contribution in [2.24, 2.45) is 0 Å². The lowest BCUT2D eigenvalue weighted by Gasteiger charge is -2.28. The standard InChI is InChI=1S/C24H31NO6Si/c1-5-28-32(29-6-2,30-7-3)15-9-14-25-24(27)31-20-13-12-18-10-8-11-19-16-17(4)23(26)22(20)21(18)19/h8,10-13,16H,5-7,9,14-15H2,1-4H3,(H,25,27). The van der Waals surface area contributed by atoms with Gasteiger partial charge in [0, 0.05) is 37.8 Å². The van der Waals surface area contributed by atoms with Crippen LogP contribution in [-0.2, 0) is 13.3 Å². The van der Waals surface area contributed by atoms with Crippen LogP contribution in [-0.4, -0.2) is 47.0 Å². The van der Waals surface area contributed by atoms with Crippen LogP contribution in [0.2, 0.25) is 6.04 Å². The van der Waals surface area contributed by atoms with E-state index in [1.807, 2.05) is 51.1 Å². The van der Waals surface area contributed by atoms with Gasteiger partial charge in [0.25, 0.3) is 0 Å². The van der Waals surface area contributed by atoms with Crippen LogP contribution in [0.3, 0.4) is 0 Å². The molecular formula is C24H31NO6Si. The second kappa shape index (κ2) is 10.9. The molecule has 8 heteroatoms. The molecule has 1 aliphatic rings. The average molecular weight is 458 g/mol. The molecule has 7 nitrogen and oxygen atoms in total. The van der Waals surface area contributed by atoms with Gasteiger partial charge in [0.1, 0.15) is 5.75 Å². The lowest BCUT2D eigenvalue weighted by molar-refractivity contribution is 0.0707. The van der Waals surface area contributed by atoms with E-state index in [1.165, 1.54) is 0 Å². The van der Waals surface area contributed by atoms with Crippen LogP contribution in [0.25, 0.3) is 16.8 Å². The Labute approximate surface area is 190 Å². The average Bonchev–Trinajstić information content (AvgIpc) is 2.76. The van der Waals surface area contributed by atoms with Crippen molar-refractivity contribution in [1.82, 2.24) is 5.32 Å². The topological polar surface area (TPSA) is 83.1 Å². The third-order valence-corrected chi connectivity index (χ3v) is 8.37. The zero-order valence-electron chi connectivity index (χ0n) is 19.2. The van der Waals surface area contributed by atoms with E-state index in [0.29, 0.717) is 50.0 Å². The Kier molecular flexibility index (Phi) is 8.19. The Morgan fingerprint density at radius 3 is 2.34 bits per heavy atom. The maximum atomic E-state index is 12.8. The first-order valence-electron chi connectivity index (χ1n) is 11.1. The van der Waals surface area contributed by atoms with Gasteiger partial charge in [-0.15, -0.1) is 0 Å². The summed E-state index contributed by atoms with van der Waals surface area (Å²) in [6.07, 6.45) is 1.89. The third kappa shape index (κ3) is 5.27. The number of nitrogens with one attached hydrogen (secondary N) is 1. The molecule has 3 rings (SSSR count). The summed E-state index contributed by atoms with van der Waals surface area (Å²) < 4.78 is 23.0. The first kappa shape index (κ1) is 24.1. The molecule has 0 unspecified atom stereocenters. The van der Waals surface area contributed by atoms with Crippen LogP contribution >= 0.6 is 0 Å². The molecule has 32 heavy (non-hydrogen) atoms. The van der Waals surface area contributed by atoms with E-state index >= 15 is 0 Å². The molecule has 0 heterocycles. The first-order chi connectivity index (χ1) is 15.4. The normalized spacial score (nSPS) is 13.2. The van der Waals surface area contributed by atoms with Crippen LogP contribution in [0, 0.1) is 0 Å². The minimum Gasteiger partial charge on any atom is -0.410 e. The molecule has 1 aliphatic carbocycles. The first-order valence-corrected chi connectivity index (χ1v) is 13.0. The summed E-state index contributed by atoms with van der Waals surface area (Å²) in [4.78, 5) is 25.3. The van der Waals surface area contributed by atoms with Gasteiger partial charge >= 0.3 is 14.9 Å². The molecule has 0 saturated carbocycles. The van der Waals surface area contributed by atoms with E-state index in [2.05, 4.69) is 5.32 Å². The van der Waals surface area contributed by atoms with Crippen LogP contribution in [0.1, 0.15) is 50.0 Å². The number of rotatable bonds is 11. The fraction of sp³-hybridized carbons (Fsp3) is 0.417. The number of allylic oxidation sites excluding steroid dienone is 1. The van der Waals surface area contributed by atoms with Crippen LogP contribution in [0.4, 0.5) is 4.79 Å². The van der Waals surface area contributed by atoms with Crippen molar-refractivity contribution in [3.8, 4) is 5.75 Å². The van der Waals surface area contributed by atoms with E-state index in [4.69, 9.17) is 18.0 Å². The van der Waals surface area contributed by atoms with Crippen molar-refractivity contribution < 1.29 is 27.6 Å². The van der Waals surface area contributed by atoms with Crippen LogP contribution in [0.5, 0.6) is 5.75 Å². The summed E-state index contributed by atoms with van der Waals surface area (Å²) in [7, 11) is -2.75. The number of ether oxygens (including phenoxy) is 1. The maximum absolute atomic E-state index is 12.8. The molecule has 0 saturated heterocycles. The smallest absolute Gasteiger partial charge is 0.410 e. The highest BCUT2D eigenvalue weighted by molar-refractivity contribution is 6.60. The summed E-state index contributed by atoms with van der Waals surface area (Å²) in [5.41, 5.74) is 2.00. The number of benzene rings is 2. The molecule has 0 aromatic heterocycles. The molecule has 0 aliphatic heterocycles. The number of ketones is 1. The van der Waals surface area contributed by atoms with Crippen molar-refractivity contribution in [2.45, 2.75) is 40.2 Å². The van der Waals surface area contributed by atoms with E-state index in [1.54, 1.807) is 13.0 Å². The molecule has 0 spiro atoms. The number of hydrogen-bond donors (Lipinski definition) is 1. The number of carbonyl (C=O) groups excluding carboxylic acids is 2. The lowest BCUT2D eigenvalue weighted by Crippen LogP contribution is -2.46. The van der Waals surface area contributed by atoms with Gasteiger partial charge in [-0.3, -0.25) is 4.79 Å². The SMILES string of the molecule is CCO[Si](CCCNC(=O)Oc1ccc2cccc3c2c1C(=O)C(C)=C3)(OCC)OCC. The molecule has 2 aromatic rings. The van der Waals surface area contributed by atoms with Gasteiger partial charge in [-0.2, -0.15) is 0 Å². The molecule has 1 N–H and O–H groups in total. The second-order valence-electron chi connectivity index (χ2n) is 7.44.